The minimum absolute atomic E-state index is 0. The number of halogens is 3. The molecule has 4 aromatic heterocycles. The number of rotatable bonds is 1. The van der Waals surface area contributed by atoms with Crippen molar-refractivity contribution in [3.63, 3.8) is 0 Å². The van der Waals surface area contributed by atoms with Gasteiger partial charge in [0, 0.05) is 73.2 Å². The summed E-state index contributed by atoms with van der Waals surface area (Å²) in [5, 5.41) is 9.69. The molecule has 12 rings (SSSR count). The Kier molecular flexibility index (Phi) is 9.54. The van der Waals surface area contributed by atoms with E-state index in [1.807, 2.05) is 36.4 Å². The van der Waals surface area contributed by atoms with Crippen molar-refractivity contribution in [1.29, 1.82) is 0 Å². The van der Waals surface area contributed by atoms with Crippen molar-refractivity contribution in [2.45, 2.75) is 7.43 Å². The first-order valence-corrected chi connectivity index (χ1v) is 20.2. The number of hydrogen-bond donors (Lipinski definition) is 1. The van der Waals surface area contributed by atoms with Crippen LogP contribution in [-0.2, 0) is 0 Å². The first-order valence-electron chi connectivity index (χ1n) is 17.8. The predicted octanol–water partition coefficient (Wildman–Crippen LogP) is 16.5. The number of benzene rings is 8. The van der Waals surface area contributed by atoms with E-state index in [0.29, 0.717) is 0 Å². The van der Waals surface area contributed by atoms with Crippen LogP contribution in [0.3, 0.4) is 0 Å². The third-order valence-corrected chi connectivity index (χ3v) is 11.5. The van der Waals surface area contributed by atoms with E-state index < -0.39 is 0 Å². The lowest BCUT2D eigenvalue weighted by molar-refractivity contribution is 0.668. The van der Waals surface area contributed by atoms with Gasteiger partial charge in [-0.2, -0.15) is 0 Å². The quantitative estimate of drug-likeness (QED) is 0.178. The van der Waals surface area contributed by atoms with Crippen molar-refractivity contribution in [2.75, 3.05) is 0 Å². The van der Waals surface area contributed by atoms with Crippen LogP contribution in [0, 0.1) is 0 Å². The number of aromatic nitrogens is 2. The van der Waals surface area contributed by atoms with Gasteiger partial charge in [-0.05, 0) is 97.1 Å². The van der Waals surface area contributed by atoms with E-state index in [9.17, 15) is 0 Å². The molecule has 0 bridgehead atoms. The topological polar surface area (TPSA) is 47.0 Å². The van der Waals surface area contributed by atoms with Gasteiger partial charge < -0.3 is 18.4 Å². The Balaban J connectivity index is 0.000000119. The van der Waals surface area contributed by atoms with Gasteiger partial charge in [0.15, 0.2) is 0 Å². The van der Waals surface area contributed by atoms with Crippen LogP contribution in [0.2, 0.25) is 0 Å². The number of furan rings is 2. The molecule has 0 fully saturated rings. The van der Waals surface area contributed by atoms with E-state index in [-0.39, 0.29) is 7.43 Å². The lowest BCUT2D eigenvalue weighted by atomic mass is 10.1. The highest BCUT2D eigenvalue weighted by Gasteiger charge is 2.14. The van der Waals surface area contributed by atoms with Crippen molar-refractivity contribution >= 4 is 135 Å². The van der Waals surface area contributed by atoms with Crippen LogP contribution in [0.5, 0.6) is 0 Å². The van der Waals surface area contributed by atoms with Crippen molar-refractivity contribution < 1.29 is 8.83 Å². The second kappa shape index (κ2) is 14.8. The number of H-pyrrole nitrogens is 1. The van der Waals surface area contributed by atoms with Crippen molar-refractivity contribution in [1.82, 2.24) is 9.55 Å². The lowest BCUT2D eigenvalue weighted by Gasteiger charge is -2.07. The van der Waals surface area contributed by atoms with Crippen molar-refractivity contribution in [3.8, 4) is 5.69 Å². The molecular weight excluding hydrogens is 888 g/mol. The first kappa shape index (κ1) is 36.1. The molecule has 0 spiro atoms. The fraction of sp³-hybridized carbons (Fsp3) is 0.0204. The zero-order chi connectivity index (χ0) is 37.0. The number of fused-ring (bicyclic) bond motifs is 12. The summed E-state index contributed by atoms with van der Waals surface area (Å²) in [7, 11) is 0. The summed E-state index contributed by atoms with van der Waals surface area (Å²) < 4.78 is 17.3. The second-order valence-electron chi connectivity index (χ2n) is 13.4. The zero-order valence-corrected chi connectivity index (χ0v) is 33.8. The monoisotopic (exact) mass is 918 g/mol. The third-order valence-electron chi connectivity index (χ3n) is 10.1. The molecule has 4 nitrogen and oxygen atoms in total. The molecule has 272 valence electrons. The Hall–Kier alpha value is -5.60. The summed E-state index contributed by atoms with van der Waals surface area (Å²) in [6.45, 7) is 0. The predicted molar refractivity (Wildman–Crippen MR) is 247 cm³/mol. The van der Waals surface area contributed by atoms with Gasteiger partial charge in [-0.15, -0.1) is 0 Å². The van der Waals surface area contributed by atoms with Crippen LogP contribution in [0.4, 0.5) is 0 Å². The summed E-state index contributed by atoms with van der Waals surface area (Å²) in [5.74, 6) is 0. The summed E-state index contributed by atoms with van der Waals surface area (Å²) in [6.07, 6.45) is 0. The molecule has 0 unspecified atom stereocenters. The summed E-state index contributed by atoms with van der Waals surface area (Å²) in [5.41, 5.74) is 9.66. The fourth-order valence-electron chi connectivity index (χ4n) is 7.60. The molecule has 0 atom stereocenters. The number of para-hydroxylation sites is 4. The van der Waals surface area contributed by atoms with E-state index in [4.69, 9.17) is 8.83 Å². The molecule has 8 aromatic carbocycles. The maximum Gasteiger partial charge on any atom is 0.135 e. The molecule has 0 amide bonds. The maximum atomic E-state index is 6.02. The van der Waals surface area contributed by atoms with Gasteiger partial charge in [-0.3, -0.25) is 0 Å². The molecule has 0 saturated heterocycles. The summed E-state index contributed by atoms with van der Waals surface area (Å²) in [4.78, 5) is 3.38. The minimum atomic E-state index is 0. The number of nitrogens with zero attached hydrogens (tertiary/aromatic N) is 1. The molecule has 0 radical (unpaired) electrons. The normalized spacial score (nSPS) is 11.3. The number of hydrogen-bond acceptors (Lipinski definition) is 2. The van der Waals surface area contributed by atoms with Gasteiger partial charge in [-0.1, -0.05) is 128 Å². The Morgan fingerprint density at radius 1 is 0.357 bits per heavy atom. The number of aromatic amines is 1. The van der Waals surface area contributed by atoms with Gasteiger partial charge in [0.1, 0.15) is 22.3 Å². The van der Waals surface area contributed by atoms with E-state index in [0.717, 1.165) is 63.0 Å². The van der Waals surface area contributed by atoms with Gasteiger partial charge in [0.25, 0.3) is 0 Å². The third kappa shape index (κ3) is 6.40. The van der Waals surface area contributed by atoms with E-state index >= 15 is 0 Å². The highest BCUT2D eigenvalue weighted by atomic mass is 79.9. The van der Waals surface area contributed by atoms with Crippen LogP contribution in [0.15, 0.2) is 192 Å². The fourth-order valence-corrected chi connectivity index (χ4v) is 8.68. The van der Waals surface area contributed by atoms with Crippen LogP contribution >= 0.6 is 47.8 Å². The molecule has 0 aliphatic heterocycles. The molecule has 0 aliphatic rings. The molecule has 0 saturated carbocycles. The maximum absolute atomic E-state index is 6.02. The van der Waals surface area contributed by atoms with E-state index in [1.54, 1.807) is 0 Å². The summed E-state index contributed by atoms with van der Waals surface area (Å²) >= 11 is 10.5. The Labute approximate surface area is 347 Å². The van der Waals surface area contributed by atoms with Crippen molar-refractivity contribution in [2.24, 2.45) is 0 Å². The highest BCUT2D eigenvalue weighted by molar-refractivity contribution is 9.11. The van der Waals surface area contributed by atoms with Crippen LogP contribution in [0.25, 0.3) is 93.2 Å². The lowest BCUT2D eigenvalue weighted by Crippen LogP contribution is -1.93. The van der Waals surface area contributed by atoms with Gasteiger partial charge in [-0.25, -0.2) is 0 Å². The van der Waals surface area contributed by atoms with E-state index in [1.165, 1.54) is 43.6 Å². The number of nitrogens with one attached hydrogen (secondary N) is 1. The Bertz CT molecular complexity index is 3230. The first-order chi connectivity index (χ1) is 27.0. The van der Waals surface area contributed by atoms with Crippen LogP contribution in [-0.4, -0.2) is 9.55 Å². The average molecular weight is 922 g/mol. The van der Waals surface area contributed by atoms with Gasteiger partial charge >= 0.3 is 0 Å². The average Bonchev–Trinajstić information content (AvgIpc) is 3.97. The molecule has 12 aromatic rings. The SMILES string of the molecule is Brc1ccc2oc3ccc(-n4c5ccccc5c5ccccc54)cc3c2c1.Brc1ccc2oc3ccc(Br)cc3c2c1.C.c1ccc2c(c1)[nH]c1ccccc12. The van der Waals surface area contributed by atoms with Gasteiger partial charge in [0.2, 0.25) is 0 Å². The highest BCUT2D eigenvalue weighted by Crippen LogP contribution is 2.36. The van der Waals surface area contributed by atoms with Crippen LogP contribution < -0.4 is 0 Å². The Morgan fingerprint density at radius 3 is 1.16 bits per heavy atom. The minimum Gasteiger partial charge on any atom is -0.456 e. The van der Waals surface area contributed by atoms with E-state index in [2.05, 4.69) is 191 Å². The smallest absolute Gasteiger partial charge is 0.135 e. The standard InChI is InChI=1S/C24H14BrNO.C12H6Br2O.C12H9N.CH4/c25-15-9-11-23-19(13-15)20-14-16(10-12-24(20)27-23)26-21-7-3-1-5-17(21)18-6-2-4-8-22(18)26;13-7-1-3-11-9(5-7)10-6-8(14)2-4-12(10)15-11;1-3-7-11-9(5-1)10-6-2-4-8-12(10)13-11;/h1-14H;1-6H;1-8,13H;1H4. The molecule has 7 heteroatoms. The van der Waals surface area contributed by atoms with Crippen LogP contribution in [0.1, 0.15) is 7.43 Å². The largest absolute Gasteiger partial charge is 0.456 e. The molecular formula is C49H33Br3N2O2. The molecule has 4 heterocycles. The summed E-state index contributed by atoms with van der Waals surface area (Å²) in [6, 6.07) is 58.6. The zero-order valence-electron chi connectivity index (χ0n) is 29.1. The molecule has 1 N–H and O–H groups in total. The second-order valence-corrected chi connectivity index (χ2v) is 16.1. The Morgan fingerprint density at radius 2 is 0.714 bits per heavy atom. The molecule has 56 heavy (non-hydrogen) atoms. The van der Waals surface area contributed by atoms with Crippen molar-refractivity contribution in [3.05, 3.63) is 183 Å². The molecule has 0 aliphatic carbocycles. The van der Waals surface area contributed by atoms with Gasteiger partial charge in [0.05, 0.1) is 11.0 Å².